The molecule has 1 aliphatic heterocycles. The molecule has 0 aliphatic carbocycles. The lowest BCUT2D eigenvalue weighted by Gasteiger charge is -2.30. The zero-order valence-corrected chi connectivity index (χ0v) is 9.92. The SMILES string of the molecule is CC1NCN(CC(C)C(C)(C)C)C1=O. The molecule has 1 saturated heterocycles. The summed E-state index contributed by atoms with van der Waals surface area (Å²) in [6.07, 6.45) is 0. The molecule has 3 heteroatoms. The number of hydrogen-bond acceptors (Lipinski definition) is 2. The van der Waals surface area contributed by atoms with Gasteiger partial charge < -0.3 is 4.90 Å². The molecule has 82 valence electrons. The minimum atomic E-state index is 0.00201. The smallest absolute Gasteiger partial charge is 0.240 e. The second-order valence-corrected chi connectivity index (χ2v) is 5.41. The predicted molar refractivity (Wildman–Crippen MR) is 57.8 cm³/mol. The average Bonchev–Trinajstić information content (AvgIpc) is 2.34. The third kappa shape index (κ3) is 2.47. The first-order chi connectivity index (χ1) is 6.32. The van der Waals surface area contributed by atoms with Crippen molar-refractivity contribution in [1.29, 1.82) is 0 Å². The van der Waals surface area contributed by atoms with Crippen molar-refractivity contribution in [3.8, 4) is 0 Å². The van der Waals surface area contributed by atoms with Gasteiger partial charge in [0.05, 0.1) is 12.7 Å². The Morgan fingerprint density at radius 3 is 2.50 bits per heavy atom. The van der Waals surface area contributed by atoms with Crippen LogP contribution < -0.4 is 5.32 Å². The van der Waals surface area contributed by atoms with E-state index in [1.165, 1.54) is 0 Å². The molecular weight excluding hydrogens is 176 g/mol. The van der Waals surface area contributed by atoms with Crippen LogP contribution in [0.3, 0.4) is 0 Å². The number of nitrogens with zero attached hydrogens (tertiary/aromatic N) is 1. The van der Waals surface area contributed by atoms with Gasteiger partial charge in [-0.15, -0.1) is 0 Å². The number of carbonyl (C=O) groups is 1. The lowest BCUT2D eigenvalue weighted by atomic mass is 9.82. The van der Waals surface area contributed by atoms with Crippen molar-refractivity contribution < 1.29 is 4.79 Å². The number of rotatable bonds is 2. The minimum absolute atomic E-state index is 0.00201. The lowest BCUT2D eigenvalue weighted by molar-refractivity contribution is -0.129. The molecule has 1 amide bonds. The quantitative estimate of drug-likeness (QED) is 0.728. The molecule has 0 spiro atoms. The summed E-state index contributed by atoms with van der Waals surface area (Å²) < 4.78 is 0. The van der Waals surface area contributed by atoms with Crippen molar-refractivity contribution in [3.63, 3.8) is 0 Å². The minimum Gasteiger partial charge on any atom is -0.328 e. The normalized spacial score (nSPS) is 25.6. The van der Waals surface area contributed by atoms with E-state index in [0.29, 0.717) is 12.6 Å². The van der Waals surface area contributed by atoms with Crippen LogP contribution in [0.5, 0.6) is 0 Å². The molecule has 2 unspecified atom stereocenters. The lowest BCUT2D eigenvalue weighted by Crippen LogP contribution is -2.36. The molecular formula is C11H22N2O. The Hall–Kier alpha value is -0.570. The summed E-state index contributed by atoms with van der Waals surface area (Å²) in [7, 11) is 0. The van der Waals surface area contributed by atoms with Crippen LogP contribution >= 0.6 is 0 Å². The highest BCUT2D eigenvalue weighted by Gasteiger charge is 2.30. The highest BCUT2D eigenvalue weighted by molar-refractivity contribution is 5.83. The van der Waals surface area contributed by atoms with Gasteiger partial charge in [-0.3, -0.25) is 10.1 Å². The fraction of sp³-hybridized carbons (Fsp3) is 0.909. The summed E-state index contributed by atoms with van der Waals surface area (Å²) in [6.45, 7) is 12.3. The molecule has 3 nitrogen and oxygen atoms in total. The highest BCUT2D eigenvalue weighted by Crippen LogP contribution is 2.26. The number of carbonyl (C=O) groups excluding carboxylic acids is 1. The summed E-state index contributed by atoms with van der Waals surface area (Å²) in [5.74, 6) is 0.764. The first-order valence-corrected chi connectivity index (χ1v) is 5.34. The van der Waals surface area contributed by atoms with Crippen LogP contribution in [0.15, 0.2) is 0 Å². The summed E-state index contributed by atoms with van der Waals surface area (Å²) in [4.78, 5) is 13.5. The largest absolute Gasteiger partial charge is 0.328 e. The molecule has 1 fully saturated rings. The van der Waals surface area contributed by atoms with E-state index < -0.39 is 0 Å². The Kier molecular flexibility index (Phi) is 3.20. The van der Waals surface area contributed by atoms with E-state index in [-0.39, 0.29) is 17.4 Å². The van der Waals surface area contributed by atoms with E-state index in [0.717, 1.165) is 6.54 Å². The van der Waals surface area contributed by atoms with Gasteiger partial charge in [0.2, 0.25) is 5.91 Å². The highest BCUT2D eigenvalue weighted by atomic mass is 16.2. The van der Waals surface area contributed by atoms with Gasteiger partial charge in [0, 0.05) is 6.54 Å². The Balaban J connectivity index is 2.50. The molecule has 1 heterocycles. The van der Waals surface area contributed by atoms with Crippen molar-refractivity contribution in [2.45, 2.75) is 40.7 Å². The van der Waals surface area contributed by atoms with Crippen LogP contribution in [0.1, 0.15) is 34.6 Å². The first kappa shape index (κ1) is 11.5. The molecule has 0 saturated carbocycles. The molecule has 1 aliphatic rings. The van der Waals surface area contributed by atoms with Crippen LogP contribution in [0.25, 0.3) is 0 Å². The third-order valence-corrected chi connectivity index (χ3v) is 3.24. The number of amides is 1. The maximum atomic E-state index is 11.6. The van der Waals surface area contributed by atoms with Crippen LogP contribution in [0, 0.1) is 11.3 Å². The molecule has 0 bridgehead atoms. The molecule has 0 aromatic heterocycles. The molecule has 0 aromatic rings. The van der Waals surface area contributed by atoms with E-state index >= 15 is 0 Å². The van der Waals surface area contributed by atoms with Crippen LogP contribution in [-0.4, -0.2) is 30.1 Å². The van der Waals surface area contributed by atoms with Crippen LogP contribution in [0.4, 0.5) is 0 Å². The predicted octanol–water partition coefficient (Wildman–Crippen LogP) is 1.45. The fourth-order valence-corrected chi connectivity index (χ4v) is 1.45. The van der Waals surface area contributed by atoms with Crippen molar-refractivity contribution in [2.75, 3.05) is 13.2 Å². The summed E-state index contributed by atoms with van der Waals surface area (Å²) in [5, 5.41) is 3.15. The Labute approximate surface area is 86.9 Å². The zero-order chi connectivity index (χ0) is 10.9. The number of hydrogen-bond donors (Lipinski definition) is 1. The Morgan fingerprint density at radius 1 is 1.57 bits per heavy atom. The molecule has 1 N–H and O–H groups in total. The maximum Gasteiger partial charge on any atom is 0.240 e. The molecule has 0 aromatic carbocycles. The summed E-state index contributed by atoms with van der Waals surface area (Å²) >= 11 is 0. The summed E-state index contributed by atoms with van der Waals surface area (Å²) in [5.41, 5.74) is 0.270. The summed E-state index contributed by atoms with van der Waals surface area (Å²) in [6, 6.07) is 0.00201. The van der Waals surface area contributed by atoms with Crippen molar-refractivity contribution >= 4 is 5.91 Å². The molecule has 2 atom stereocenters. The molecule has 0 radical (unpaired) electrons. The van der Waals surface area contributed by atoms with Crippen LogP contribution in [0.2, 0.25) is 0 Å². The Bertz CT molecular complexity index is 220. The van der Waals surface area contributed by atoms with Gasteiger partial charge in [-0.1, -0.05) is 27.7 Å². The second kappa shape index (κ2) is 3.89. The van der Waals surface area contributed by atoms with Gasteiger partial charge in [-0.2, -0.15) is 0 Å². The molecule has 1 rings (SSSR count). The van der Waals surface area contributed by atoms with Crippen molar-refractivity contribution in [3.05, 3.63) is 0 Å². The fourth-order valence-electron chi connectivity index (χ4n) is 1.45. The van der Waals surface area contributed by atoms with Gasteiger partial charge >= 0.3 is 0 Å². The van der Waals surface area contributed by atoms with Gasteiger partial charge in [0.25, 0.3) is 0 Å². The van der Waals surface area contributed by atoms with E-state index in [2.05, 4.69) is 33.0 Å². The van der Waals surface area contributed by atoms with Crippen molar-refractivity contribution in [2.24, 2.45) is 11.3 Å². The van der Waals surface area contributed by atoms with Crippen LogP contribution in [-0.2, 0) is 4.79 Å². The van der Waals surface area contributed by atoms with E-state index in [1.54, 1.807) is 0 Å². The maximum absolute atomic E-state index is 11.6. The third-order valence-electron chi connectivity index (χ3n) is 3.24. The van der Waals surface area contributed by atoms with Gasteiger partial charge in [-0.25, -0.2) is 0 Å². The monoisotopic (exact) mass is 198 g/mol. The van der Waals surface area contributed by atoms with E-state index in [9.17, 15) is 4.79 Å². The van der Waals surface area contributed by atoms with Gasteiger partial charge in [0.1, 0.15) is 0 Å². The zero-order valence-electron chi connectivity index (χ0n) is 9.92. The van der Waals surface area contributed by atoms with E-state index in [1.807, 2.05) is 11.8 Å². The van der Waals surface area contributed by atoms with Crippen molar-refractivity contribution in [1.82, 2.24) is 10.2 Å². The second-order valence-electron chi connectivity index (χ2n) is 5.41. The van der Waals surface area contributed by atoms with E-state index in [4.69, 9.17) is 0 Å². The standard InChI is InChI=1S/C11H22N2O/c1-8(11(3,4)5)6-13-7-12-9(2)10(13)14/h8-9,12H,6-7H2,1-5H3. The average molecular weight is 198 g/mol. The van der Waals surface area contributed by atoms with Gasteiger partial charge in [0.15, 0.2) is 0 Å². The van der Waals surface area contributed by atoms with Gasteiger partial charge in [-0.05, 0) is 18.3 Å². The number of nitrogens with one attached hydrogen (secondary N) is 1. The Morgan fingerprint density at radius 2 is 2.14 bits per heavy atom. The molecule has 14 heavy (non-hydrogen) atoms. The topological polar surface area (TPSA) is 32.3 Å². The first-order valence-electron chi connectivity index (χ1n) is 5.34.